The Morgan fingerprint density at radius 1 is 0.633 bits per heavy atom. The zero-order valence-electron chi connectivity index (χ0n) is 20.0. The van der Waals surface area contributed by atoms with E-state index in [1.807, 2.05) is 4.90 Å². The van der Waals surface area contributed by atoms with Crippen LogP contribution in [0.5, 0.6) is 0 Å². The second kappa shape index (κ2) is 23.0. The number of hydrogen-bond donors (Lipinski definition) is 3. The van der Waals surface area contributed by atoms with E-state index in [2.05, 4.69) is 38.2 Å². The molecule has 4 heteroatoms. The lowest BCUT2D eigenvalue weighted by Crippen LogP contribution is -2.39. The summed E-state index contributed by atoms with van der Waals surface area (Å²) in [6, 6.07) is 0. The molecule has 0 saturated heterocycles. The lowest BCUT2D eigenvalue weighted by atomic mass is 10.1. The molecule has 0 spiro atoms. The van der Waals surface area contributed by atoms with Crippen molar-refractivity contribution in [3.05, 3.63) is 24.3 Å². The van der Waals surface area contributed by atoms with Gasteiger partial charge in [0.25, 0.3) is 0 Å². The van der Waals surface area contributed by atoms with Gasteiger partial charge in [-0.05, 0) is 52.4 Å². The van der Waals surface area contributed by atoms with E-state index >= 15 is 0 Å². The number of aliphatic hydroxyl groups is 3. The van der Waals surface area contributed by atoms with E-state index in [9.17, 15) is 15.3 Å². The number of aliphatic hydroxyl groups excluding tert-OH is 3. The second-order valence-corrected chi connectivity index (χ2v) is 8.62. The molecular weight excluding hydrogens is 374 g/mol. The van der Waals surface area contributed by atoms with Gasteiger partial charge in [-0.25, -0.2) is 0 Å². The van der Waals surface area contributed by atoms with Crippen LogP contribution in [0.15, 0.2) is 24.3 Å². The van der Waals surface area contributed by atoms with E-state index in [-0.39, 0.29) is 18.8 Å². The molecule has 0 amide bonds. The van der Waals surface area contributed by atoms with Crippen LogP contribution in [0.3, 0.4) is 0 Å². The van der Waals surface area contributed by atoms with Crippen LogP contribution in [0, 0.1) is 0 Å². The molecule has 2 unspecified atom stereocenters. The van der Waals surface area contributed by atoms with E-state index in [1.54, 1.807) is 0 Å². The normalized spacial score (nSPS) is 14.3. The van der Waals surface area contributed by atoms with Gasteiger partial charge in [-0.1, -0.05) is 75.7 Å². The van der Waals surface area contributed by atoms with Gasteiger partial charge >= 0.3 is 0 Å². The number of rotatable bonds is 22. The molecular formula is C26H51NO3. The van der Waals surface area contributed by atoms with Crippen molar-refractivity contribution in [1.82, 2.24) is 4.90 Å². The summed E-state index contributed by atoms with van der Waals surface area (Å²) in [6.45, 7) is 5.81. The molecule has 0 aliphatic carbocycles. The molecule has 0 aromatic heterocycles. The van der Waals surface area contributed by atoms with Crippen LogP contribution in [-0.2, 0) is 0 Å². The molecule has 30 heavy (non-hydrogen) atoms. The van der Waals surface area contributed by atoms with Gasteiger partial charge < -0.3 is 15.3 Å². The highest BCUT2D eigenvalue weighted by atomic mass is 16.3. The predicted octanol–water partition coefficient (Wildman–Crippen LogP) is 5.62. The van der Waals surface area contributed by atoms with Crippen molar-refractivity contribution in [1.29, 1.82) is 0 Å². The van der Waals surface area contributed by atoms with Gasteiger partial charge in [0.1, 0.15) is 0 Å². The fraction of sp³-hybridized carbons (Fsp3) is 0.846. The average Bonchev–Trinajstić information content (AvgIpc) is 2.72. The Labute approximate surface area is 187 Å². The Hall–Kier alpha value is -0.680. The molecule has 0 fully saturated rings. The Balaban J connectivity index is 3.82. The maximum Gasteiger partial charge on any atom is 0.0667 e. The molecule has 3 N–H and O–H groups in total. The lowest BCUT2D eigenvalue weighted by Gasteiger charge is -2.26. The molecule has 0 rings (SSSR count). The smallest absolute Gasteiger partial charge is 0.0667 e. The summed E-state index contributed by atoms with van der Waals surface area (Å²) < 4.78 is 0. The van der Waals surface area contributed by atoms with Crippen molar-refractivity contribution < 1.29 is 15.3 Å². The van der Waals surface area contributed by atoms with Gasteiger partial charge in [0.05, 0.1) is 18.8 Å². The molecule has 0 aliphatic rings. The van der Waals surface area contributed by atoms with Crippen LogP contribution in [0.4, 0.5) is 0 Å². The van der Waals surface area contributed by atoms with Gasteiger partial charge in [0, 0.05) is 19.6 Å². The van der Waals surface area contributed by atoms with E-state index in [0.29, 0.717) is 19.6 Å². The minimum Gasteiger partial charge on any atom is -0.395 e. The highest BCUT2D eigenvalue weighted by Gasteiger charge is 2.15. The number of nitrogens with zero attached hydrogens (tertiary/aromatic N) is 1. The summed E-state index contributed by atoms with van der Waals surface area (Å²) in [5.41, 5.74) is 0. The standard InChI is InChI=1S/C26H51NO3/c1-3-5-7-9-11-13-15-17-19-25(29)23-27(21-22-28)24-26(30)20-18-16-14-12-10-8-6-4-2/h3-6,25-26,28-30H,7-24H2,1-2H3/b5-3+,6-4+. The Bertz CT molecular complexity index is 364. The fourth-order valence-corrected chi connectivity index (χ4v) is 3.86. The van der Waals surface area contributed by atoms with E-state index in [4.69, 9.17) is 0 Å². The molecule has 0 aromatic rings. The van der Waals surface area contributed by atoms with E-state index in [1.165, 1.54) is 64.2 Å². The molecule has 0 bridgehead atoms. The summed E-state index contributed by atoms with van der Waals surface area (Å²) in [6.07, 6.45) is 23.8. The van der Waals surface area contributed by atoms with Crippen LogP contribution in [0.1, 0.15) is 104 Å². The maximum absolute atomic E-state index is 10.3. The van der Waals surface area contributed by atoms with Crippen LogP contribution in [0.2, 0.25) is 0 Å². The summed E-state index contributed by atoms with van der Waals surface area (Å²) in [4.78, 5) is 2.02. The van der Waals surface area contributed by atoms with Gasteiger partial charge in [-0.15, -0.1) is 0 Å². The largest absolute Gasteiger partial charge is 0.395 e. The minimum absolute atomic E-state index is 0.0673. The summed E-state index contributed by atoms with van der Waals surface area (Å²) in [7, 11) is 0. The molecule has 0 saturated carbocycles. The van der Waals surface area contributed by atoms with Crippen LogP contribution < -0.4 is 0 Å². The molecule has 0 aliphatic heterocycles. The van der Waals surface area contributed by atoms with Gasteiger partial charge in [-0.3, -0.25) is 4.90 Å². The van der Waals surface area contributed by atoms with Gasteiger partial charge in [0.2, 0.25) is 0 Å². The third-order valence-corrected chi connectivity index (χ3v) is 5.64. The molecule has 0 heterocycles. The Morgan fingerprint density at radius 3 is 1.43 bits per heavy atom. The van der Waals surface area contributed by atoms with Crippen molar-refractivity contribution in [3.8, 4) is 0 Å². The Kier molecular flexibility index (Phi) is 22.5. The molecule has 4 nitrogen and oxygen atoms in total. The zero-order chi connectivity index (χ0) is 22.3. The Morgan fingerprint density at radius 2 is 1.03 bits per heavy atom. The predicted molar refractivity (Wildman–Crippen MR) is 130 cm³/mol. The van der Waals surface area contributed by atoms with Crippen LogP contribution >= 0.6 is 0 Å². The summed E-state index contributed by atoms with van der Waals surface area (Å²) in [5, 5.41) is 30.0. The van der Waals surface area contributed by atoms with Crippen molar-refractivity contribution in [2.45, 2.75) is 116 Å². The van der Waals surface area contributed by atoms with Crippen LogP contribution in [-0.4, -0.2) is 58.7 Å². The first kappa shape index (κ1) is 29.3. The van der Waals surface area contributed by atoms with Crippen molar-refractivity contribution >= 4 is 0 Å². The highest BCUT2D eigenvalue weighted by molar-refractivity contribution is 4.77. The zero-order valence-corrected chi connectivity index (χ0v) is 20.0. The van der Waals surface area contributed by atoms with E-state index < -0.39 is 0 Å². The average molecular weight is 426 g/mol. The monoisotopic (exact) mass is 425 g/mol. The van der Waals surface area contributed by atoms with Crippen LogP contribution in [0.25, 0.3) is 0 Å². The van der Waals surface area contributed by atoms with E-state index in [0.717, 1.165) is 25.7 Å². The minimum atomic E-state index is -0.371. The number of allylic oxidation sites excluding steroid dienone is 4. The fourth-order valence-electron chi connectivity index (χ4n) is 3.86. The third-order valence-electron chi connectivity index (χ3n) is 5.64. The molecule has 178 valence electrons. The van der Waals surface area contributed by atoms with Crippen molar-refractivity contribution in [3.63, 3.8) is 0 Å². The van der Waals surface area contributed by atoms with Gasteiger partial charge in [0.15, 0.2) is 0 Å². The topological polar surface area (TPSA) is 63.9 Å². The first-order valence-corrected chi connectivity index (χ1v) is 12.6. The SMILES string of the molecule is C/C=C/CCCCCCCC(O)CN(CCO)CC(O)CCCCCCC/C=C/C. The quantitative estimate of drug-likeness (QED) is 0.156. The van der Waals surface area contributed by atoms with Gasteiger partial charge in [-0.2, -0.15) is 0 Å². The summed E-state index contributed by atoms with van der Waals surface area (Å²) >= 11 is 0. The lowest BCUT2D eigenvalue weighted by molar-refractivity contribution is 0.0519. The number of hydrogen-bond acceptors (Lipinski definition) is 4. The summed E-state index contributed by atoms with van der Waals surface area (Å²) in [5.74, 6) is 0. The first-order chi connectivity index (χ1) is 14.6. The molecule has 0 aromatic carbocycles. The van der Waals surface area contributed by atoms with Crippen molar-refractivity contribution in [2.75, 3.05) is 26.2 Å². The molecule has 0 radical (unpaired) electrons. The highest BCUT2D eigenvalue weighted by Crippen LogP contribution is 2.12. The number of unbranched alkanes of at least 4 members (excludes halogenated alkanes) is 10. The maximum atomic E-state index is 10.3. The van der Waals surface area contributed by atoms with Crippen molar-refractivity contribution in [2.24, 2.45) is 0 Å². The molecule has 2 atom stereocenters. The first-order valence-electron chi connectivity index (χ1n) is 12.6. The third kappa shape index (κ3) is 20.6. The second-order valence-electron chi connectivity index (χ2n) is 8.62.